The molecule has 0 fully saturated rings. The number of benzene rings is 1. The Balaban J connectivity index is 1.95. The third-order valence-electron chi connectivity index (χ3n) is 4.79. The number of nitrogens with one attached hydrogen (secondary N) is 2. The fourth-order valence-corrected chi connectivity index (χ4v) is 3.06. The Bertz CT molecular complexity index is 700. The summed E-state index contributed by atoms with van der Waals surface area (Å²) in [4.78, 5) is 17.1. The number of hydrogen-bond donors (Lipinski definition) is 2. The molecule has 2 N–H and O–H groups in total. The van der Waals surface area contributed by atoms with Gasteiger partial charge in [-0.15, -0.1) is 0 Å². The number of aryl methyl sites for hydroxylation is 1. The van der Waals surface area contributed by atoms with Crippen molar-refractivity contribution in [1.82, 2.24) is 15.6 Å². The molecule has 0 aliphatic heterocycles. The SMILES string of the molecule is Cc1cccnc1C(NC(C)C(=O)NCC(C)c1ccccc1)C(C)C. The van der Waals surface area contributed by atoms with E-state index >= 15 is 0 Å². The van der Waals surface area contributed by atoms with Crippen LogP contribution in [0.15, 0.2) is 48.7 Å². The van der Waals surface area contributed by atoms with Crippen LogP contribution in [-0.2, 0) is 4.79 Å². The second-order valence-corrected chi connectivity index (χ2v) is 7.37. The Hall–Kier alpha value is -2.20. The van der Waals surface area contributed by atoms with Crippen LogP contribution in [-0.4, -0.2) is 23.5 Å². The van der Waals surface area contributed by atoms with Gasteiger partial charge in [0.25, 0.3) is 0 Å². The van der Waals surface area contributed by atoms with E-state index in [1.807, 2.05) is 37.4 Å². The van der Waals surface area contributed by atoms with Gasteiger partial charge < -0.3 is 5.32 Å². The minimum Gasteiger partial charge on any atom is -0.354 e. The average Bonchev–Trinajstić information content (AvgIpc) is 2.64. The molecule has 140 valence electrons. The van der Waals surface area contributed by atoms with E-state index in [4.69, 9.17) is 0 Å². The molecule has 1 amide bonds. The topological polar surface area (TPSA) is 54.0 Å². The number of carbonyl (C=O) groups is 1. The Kier molecular flexibility index (Phi) is 7.34. The summed E-state index contributed by atoms with van der Waals surface area (Å²) in [7, 11) is 0. The van der Waals surface area contributed by atoms with Gasteiger partial charge >= 0.3 is 0 Å². The highest BCUT2D eigenvalue weighted by Crippen LogP contribution is 2.23. The van der Waals surface area contributed by atoms with Gasteiger partial charge in [0.1, 0.15) is 0 Å². The van der Waals surface area contributed by atoms with Crippen molar-refractivity contribution in [2.75, 3.05) is 6.54 Å². The minimum absolute atomic E-state index is 0.0204. The highest BCUT2D eigenvalue weighted by atomic mass is 16.2. The molecule has 0 radical (unpaired) electrons. The van der Waals surface area contributed by atoms with Gasteiger partial charge in [0.05, 0.1) is 17.8 Å². The van der Waals surface area contributed by atoms with E-state index in [-0.39, 0.29) is 23.9 Å². The van der Waals surface area contributed by atoms with E-state index in [1.165, 1.54) is 5.56 Å². The Morgan fingerprint density at radius 2 is 1.73 bits per heavy atom. The summed E-state index contributed by atoms with van der Waals surface area (Å²) < 4.78 is 0. The van der Waals surface area contributed by atoms with Gasteiger partial charge in [-0.3, -0.25) is 15.1 Å². The molecule has 1 aromatic heterocycles. The maximum Gasteiger partial charge on any atom is 0.236 e. The summed E-state index contributed by atoms with van der Waals surface area (Å²) >= 11 is 0. The Labute approximate surface area is 157 Å². The van der Waals surface area contributed by atoms with Gasteiger partial charge in [0.2, 0.25) is 5.91 Å². The van der Waals surface area contributed by atoms with E-state index in [9.17, 15) is 4.79 Å². The monoisotopic (exact) mass is 353 g/mol. The van der Waals surface area contributed by atoms with E-state index in [0.717, 1.165) is 11.3 Å². The molecule has 3 atom stereocenters. The van der Waals surface area contributed by atoms with Crippen LogP contribution in [0.1, 0.15) is 56.5 Å². The largest absolute Gasteiger partial charge is 0.354 e. The second kappa shape index (κ2) is 9.48. The maximum atomic E-state index is 12.6. The summed E-state index contributed by atoms with van der Waals surface area (Å²) in [6.07, 6.45) is 1.81. The fourth-order valence-electron chi connectivity index (χ4n) is 3.06. The summed E-state index contributed by atoms with van der Waals surface area (Å²) in [6.45, 7) is 11.0. The number of pyridine rings is 1. The van der Waals surface area contributed by atoms with Crippen molar-refractivity contribution in [2.45, 2.75) is 52.6 Å². The zero-order chi connectivity index (χ0) is 19.1. The van der Waals surface area contributed by atoms with Crippen LogP contribution < -0.4 is 10.6 Å². The van der Waals surface area contributed by atoms with Crippen molar-refractivity contribution in [3.63, 3.8) is 0 Å². The number of rotatable bonds is 8. The molecule has 0 saturated heterocycles. The first-order valence-electron chi connectivity index (χ1n) is 9.40. The van der Waals surface area contributed by atoms with Crippen molar-refractivity contribution in [3.05, 3.63) is 65.5 Å². The molecular weight excluding hydrogens is 322 g/mol. The molecule has 1 heterocycles. The lowest BCUT2D eigenvalue weighted by Crippen LogP contribution is -2.45. The van der Waals surface area contributed by atoms with Crippen LogP contribution in [0, 0.1) is 12.8 Å². The van der Waals surface area contributed by atoms with Gasteiger partial charge in [-0.05, 0) is 42.9 Å². The predicted octanol–water partition coefficient (Wildman–Crippen LogP) is 3.99. The van der Waals surface area contributed by atoms with Crippen LogP contribution in [0.4, 0.5) is 0 Å². The van der Waals surface area contributed by atoms with Crippen molar-refractivity contribution in [1.29, 1.82) is 0 Å². The molecule has 4 nitrogen and oxygen atoms in total. The summed E-state index contributed by atoms with van der Waals surface area (Å²) in [5.41, 5.74) is 3.39. The molecule has 4 heteroatoms. The van der Waals surface area contributed by atoms with Gasteiger partial charge in [-0.25, -0.2) is 0 Å². The standard InChI is InChI=1S/C22H31N3O/c1-15(2)20(21-16(3)10-9-13-23-21)25-18(5)22(26)24-14-17(4)19-11-7-6-8-12-19/h6-13,15,17-18,20,25H,14H2,1-5H3,(H,24,26). The third-order valence-corrected chi connectivity index (χ3v) is 4.79. The van der Waals surface area contributed by atoms with Crippen LogP contribution in [0.3, 0.4) is 0 Å². The molecule has 0 bridgehead atoms. The summed E-state index contributed by atoms with van der Waals surface area (Å²) in [5, 5.41) is 6.53. The van der Waals surface area contributed by atoms with E-state index in [2.05, 4.69) is 61.5 Å². The molecule has 0 aliphatic carbocycles. The molecule has 0 aliphatic rings. The fraction of sp³-hybridized carbons (Fsp3) is 0.455. The van der Waals surface area contributed by atoms with Crippen LogP contribution >= 0.6 is 0 Å². The van der Waals surface area contributed by atoms with Gasteiger partial charge in [-0.2, -0.15) is 0 Å². The first kappa shape index (κ1) is 20.1. The second-order valence-electron chi connectivity index (χ2n) is 7.37. The molecule has 2 rings (SSSR count). The lowest BCUT2D eigenvalue weighted by molar-refractivity contribution is -0.123. The van der Waals surface area contributed by atoms with Crippen LogP contribution in [0.25, 0.3) is 0 Å². The van der Waals surface area contributed by atoms with Crippen molar-refractivity contribution in [2.24, 2.45) is 5.92 Å². The first-order valence-corrected chi connectivity index (χ1v) is 9.40. The maximum absolute atomic E-state index is 12.6. The summed E-state index contributed by atoms with van der Waals surface area (Å²) in [6, 6.07) is 14.0. The number of nitrogens with zero attached hydrogens (tertiary/aromatic N) is 1. The average molecular weight is 354 g/mol. The van der Waals surface area contributed by atoms with Gasteiger partial charge in [-0.1, -0.05) is 57.2 Å². The van der Waals surface area contributed by atoms with Crippen molar-refractivity contribution < 1.29 is 4.79 Å². The van der Waals surface area contributed by atoms with E-state index < -0.39 is 0 Å². The number of hydrogen-bond acceptors (Lipinski definition) is 3. The Morgan fingerprint density at radius 3 is 2.35 bits per heavy atom. The minimum atomic E-state index is -0.285. The number of aromatic nitrogens is 1. The van der Waals surface area contributed by atoms with Crippen LogP contribution in [0.5, 0.6) is 0 Å². The van der Waals surface area contributed by atoms with E-state index in [1.54, 1.807) is 0 Å². The third kappa shape index (κ3) is 5.40. The molecule has 0 spiro atoms. The molecule has 0 saturated carbocycles. The normalized spacial score (nSPS) is 14.7. The van der Waals surface area contributed by atoms with Crippen molar-refractivity contribution in [3.8, 4) is 0 Å². The molecule has 26 heavy (non-hydrogen) atoms. The molecule has 3 unspecified atom stereocenters. The zero-order valence-corrected chi connectivity index (χ0v) is 16.5. The molecular formula is C22H31N3O. The number of amides is 1. The summed E-state index contributed by atoms with van der Waals surface area (Å²) in [5.74, 6) is 0.639. The first-order chi connectivity index (χ1) is 12.4. The van der Waals surface area contributed by atoms with Gasteiger partial charge in [0, 0.05) is 12.7 Å². The van der Waals surface area contributed by atoms with Gasteiger partial charge in [0.15, 0.2) is 0 Å². The lowest BCUT2D eigenvalue weighted by Gasteiger charge is -2.27. The smallest absolute Gasteiger partial charge is 0.236 e. The molecule has 2 aromatic rings. The quantitative estimate of drug-likeness (QED) is 0.754. The highest BCUT2D eigenvalue weighted by molar-refractivity contribution is 5.81. The van der Waals surface area contributed by atoms with Crippen molar-refractivity contribution >= 4 is 5.91 Å². The van der Waals surface area contributed by atoms with Crippen LogP contribution in [0.2, 0.25) is 0 Å². The number of carbonyl (C=O) groups excluding carboxylic acids is 1. The Morgan fingerprint density at radius 1 is 1.04 bits per heavy atom. The lowest BCUT2D eigenvalue weighted by atomic mass is 9.96. The predicted molar refractivity (Wildman–Crippen MR) is 107 cm³/mol. The highest BCUT2D eigenvalue weighted by Gasteiger charge is 2.24. The van der Waals surface area contributed by atoms with E-state index in [0.29, 0.717) is 12.5 Å². The molecule has 1 aromatic carbocycles. The zero-order valence-electron chi connectivity index (χ0n) is 16.5.